The van der Waals surface area contributed by atoms with Crippen molar-refractivity contribution in [2.75, 3.05) is 32.0 Å². The van der Waals surface area contributed by atoms with Gasteiger partial charge in [0.05, 0.1) is 39.8 Å². The third kappa shape index (κ3) is 5.20. The van der Waals surface area contributed by atoms with Crippen molar-refractivity contribution in [2.45, 2.75) is 24.9 Å². The van der Waals surface area contributed by atoms with Crippen molar-refractivity contribution >= 4 is 17.8 Å². The van der Waals surface area contributed by atoms with Gasteiger partial charge in [-0.05, 0) is 47.4 Å². The predicted molar refractivity (Wildman–Crippen MR) is 140 cm³/mol. The molecule has 1 aromatic heterocycles. The van der Waals surface area contributed by atoms with Gasteiger partial charge < -0.3 is 19.5 Å². The highest BCUT2D eigenvalue weighted by atomic mass is 16.5. The molecule has 0 fully saturated rings. The molecule has 2 N–H and O–H groups in total. The highest BCUT2D eigenvalue weighted by Crippen LogP contribution is 2.38. The van der Waals surface area contributed by atoms with E-state index in [-0.39, 0.29) is 30.4 Å². The average Bonchev–Trinajstić information content (AvgIpc) is 3.35. The van der Waals surface area contributed by atoms with Gasteiger partial charge in [-0.1, -0.05) is 48.5 Å². The Morgan fingerprint density at radius 3 is 2.41 bits per heavy atom. The van der Waals surface area contributed by atoms with Crippen LogP contribution in [0.4, 0.5) is 11.9 Å². The molecule has 4 aromatic rings. The van der Waals surface area contributed by atoms with Crippen LogP contribution in [0.25, 0.3) is 0 Å². The standard InChI is InChI=1S/C28H29N5O4/c1-35-21-12-10-20(11-13-21)23-17-22(19-7-5-4-6-8-19)29-28-31-27(32-33(23)28)30-26(34)16-18-9-14-24(36-2)25(15-18)37-3/h4-15,22-23H,16-17H2,1-3H3,(H2,29,30,31,32,34)/t22-,23+/m0/s1. The number of anilines is 2. The number of methoxy groups -OCH3 is 3. The van der Waals surface area contributed by atoms with Crippen LogP contribution in [-0.4, -0.2) is 42.0 Å². The molecule has 9 heteroatoms. The van der Waals surface area contributed by atoms with Gasteiger partial charge in [0.2, 0.25) is 11.9 Å². The normalized spacial score (nSPS) is 16.3. The number of nitrogens with one attached hydrogen (secondary N) is 2. The second-order valence-corrected chi connectivity index (χ2v) is 8.75. The number of carbonyl (C=O) groups excluding carboxylic acids is 1. The number of carbonyl (C=O) groups is 1. The van der Waals surface area contributed by atoms with Gasteiger partial charge in [0.25, 0.3) is 5.95 Å². The van der Waals surface area contributed by atoms with Crippen molar-refractivity contribution in [1.29, 1.82) is 0 Å². The van der Waals surface area contributed by atoms with Crippen LogP contribution >= 0.6 is 0 Å². The number of amides is 1. The fourth-order valence-corrected chi connectivity index (χ4v) is 4.58. The zero-order valence-corrected chi connectivity index (χ0v) is 21.0. The Balaban J connectivity index is 1.39. The Morgan fingerprint density at radius 1 is 0.946 bits per heavy atom. The maximum Gasteiger partial charge on any atom is 0.250 e. The van der Waals surface area contributed by atoms with Crippen LogP contribution < -0.4 is 24.8 Å². The Bertz CT molecular complexity index is 1370. The largest absolute Gasteiger partial charge is 0.497 e. The average molecular weight is 500 g/mol. The lowest BCUT2D eigenvalue weighted by molar-refractivity contribution is -0.115. The van der Waals surface area contributed by atoms with Crippen molar-refractivity contribution in [1.82, 2.24) is 14.8 Å². The van der Waals surface area contributed by atoms with Crippen LogP contribution in [0.2, 0.25) is 0 Å². The van der Waals surface area contributed by atoms with Gasteiger partial charge in [0, 0.05) is 0 Å². The number of aromatic nitrogens is 3. The first-order chi connectivity index (χ1) is 18.1. The van der Waals surface area contributed by atoms with Crippen LogP contribution in [0.3, 0.4) is 0 Å². The van der Waals surface area contributed by atoms with Crippen molar-refractivity contribution in [3.05, 3.63) is 89.5 Å². The van der Waals surface area contributed by atoms with Crippen molar-refractivity contribution in [2.24, 2.45) is 0 Å². The summed E-state index contributed by atoms with van der Waals surface area (Å²) in [5, 5.41) is 11.0. The van der Waals surface area contributed by atoms with Gasteiger partial charge in [-0.15, -0.1) is 5.10 Å². The molecule has 0 saturated heterocycles. The number of hydrogen-bond donors (Lipinski definition) is 2. The molecule has 0 unspecified atom stereocenters. The van der Waals surface area contributed by atoms with Gasteiger partial charge in [-0.3, -0.25) is 10.1 Å². The maximum absolute atomic E-state index is 12.8. The van der Waals surface area contributed by atoms with E-state index >= 15 is 0 Å². The molecule has 3 aromatic carbocycles. The molecule has 0 bridgehead atoms. The Morgan fingerprint density at radius 2 is 1.70 bits per heavy atom. The fourth-order valence-electron chi connectivity index (χ4n) is 4.58. The number of nitrogens with zero attached hydrogens (tertiary/aromatic N) is 3. The molecular formula is C28H29N5O4. The molecule has 0 aliphatic carbocycles. The van der Waals surface area contributed by atoms with E-state index in [0.717, 1.165) is 28.9 Å². The van der Waals surface area contributed by atoms with E-state index in [1.807, 2.05) is 53.2 Å². The molecule has 5 rings (SSSR count). The Kier molecular flexibility index (Phi) is 6.93. The van der Waals surface area contributed by atoms with Crippen LogP contribution in [0.15, 0.2) is 72.8 Å². The van der Waals surface area contributed by atoms with E-state index in [4.69, 9.17) is 14.2 Å². The van der Waals surface area contributed by atoms with Crippen LogP contribution in [0.1, 0.15) is 35.2 Å². The molecule has 1 amide bonds. The summed E-state index contributed by atoms with van der Waals surface area (Å²) in [6, 6.07) is 23.6. The summed E-state index contributed by atoms with van der Waals surface area (Å²) < 4.78 is 17.8. The molecule has 0 spiro atoms. The molecule has 2 heterocycles. The zero-order valence-electron chi connectivity index (χ0n) is 21.0. The number of hydrogen-bond acceptors (Lipinski definition) is 7. The Hall–Kier alpha value is -4.53. The number of benzene rings is 3. The van der Waals surface area contributed by atoms with Crippen molar-refractivity contribution < 1.29 is 19.0 Å². The first kappa shape index (κ1) is 24.2. The van der Waals surface area contributed by atoms with Crippen LogP contribution in [-0.2, 0) is 11.2 Å². The highest BCUT2D eigenvalue weighted by molar-refractivity contribution is 5.90. The summed E-state index contributed by atoms with van der Waals surface area (Å²) >= 11 is 0. The minimum absolute atomic E-state index is 0.0420. The SMILES string of the molecule is COc1ccc([C@H]2C[C@@H](c3ccccc3)Nc3nc(NC(=O)Cc4ccc(OC)c(OC)c4)nn32)cc1. The molecule has 0 saturated carbocycles. The van der Waals surface area contributed by atoms with Gasteiger partial charge in [-0.25, -0.2) is 4.68 Å². The topological polar surface area (TPSA) is 99.5 Å². The first-order valence-corrected chi connectivity index (χ1v) is 12.0. The van der Waals surface area contributed by atoms with Crippen molar-refractivity contribution in [3.8, 4) is 17.2 Å². The third-order valence-electron chi connectivity index (χ3n) is 6.46. The van der Waals surface area contributed by atoms with E-state index < -0.39 is 0 Å². The van der Waals surface area contributed by atoms with Crippen LogP contribution in [0.5, 0.6) is 17.2 Å². The lowest BCUT2D eigenvalue weighted by atomic mass is 9.93. The minimum atomic E-state index is -0.226. The van der Waals surface area contributed by atoms with E-state index in [2.05, 4.69) is 32.8 Å². The van der Waals surface area contributed by atoms with E-state index in [1.165, 1.54) is 0 Å². The minimum Gasteiger partial charge on any atom is -0.497 e. The summed E-state index contributed by atoms with van der Waals surface area (Å²) in [6.45, 7) is 0. The smallest absolute Gasteiger partial charge is 0.250 e. The molecule has 2 atom stereocenters. The van der Waals surface area contributed by atoms with Gasteiger partial charge in [0.15, 0.2) is 11.5 Å². The molecule has 37 heavy (non-hydrogen) atoms. The van der Waals surface area contributed by atoms with Crippen LogP contribution in [0, 0.1) is 0 Å². The molecule has 190 valence electrons. The monoisotopic (exact) mass is 499 g/mol. The first-order valence-electron chi connectivity index (χ1n) is 12.0. The van der Waals surface area contributed by atoms with E-state index in [0.29, 0.717) is 17.4 Å². The Labute approximate surface area is 215 Å². The van der Waals surface area contributed by atoms with Gasteiger partial charge in [0.1, 0.15) is 5.75 Å². The summed E-state index contributed by atoms with van der Waals surface area (Å²) in [4.78, 5) is 17.5. The number of fused-ring (bicyclic) bond motifs is 1. The molecule has 0 radical (unpaired) electrons. The lowest BCUT2D eigenvalue weighted by Crippen LogP contribution is -2.28. The molecule has 1 aliphatic rings. The molecular weight excluding hydrogens is 470 g/mol. The molecule has 9 nitrogen and oxygen atoms in total. The fraction of sp³-hybridized carbons (Fsp3) is 0.250. The van der Waals surface area contributed by atoms with Gasteiger partial charge in [-0.2, -0.15) is 4.98 Å². The zero-order chi connectivity index (χ0) is 25.8. The summed E-state index contributed by atoms with van der Waals surface area (Å²) in [6.07, 6.45) is 0.915. The van der Waals surface area contributed by atoms with Gasteiger partial charge >= 0.3 is 0 Å². The highest BCUT2D eigenvalue weighted by Gasteiger charge is 2.31. The van der Waals surface area contributed by atoms with Crippen molar-refractivity contribution in [3.63, 3.8) is 0 Å². The van der Waals surface area contributed by atoms with E-state index in [1.54, 1.807) is 33.5 Å². The summed E-state index contributed by atoms with van der Waals surface area (Å²) in [5.74, 6) is 2.60. The second kappa shape index (κ2) is 10.6. The number of ether oxygens (including phenoxy) is 3. The third-order valence-corrected chi connectivity index (χ3v) is 6.46. The second-order valence-electron chi connectivity index (χ2n) is 8.75. The summed E-state index contributed by atoms with van der Waals surface area (Å²) in [5.41, 5.74) is 3.03. The quantitative estimate of drug-likeness (QED) is 0.365. The van der Waals surface area contributed by atoms with E-state index in [9.17, 15) is 4.79 Å². The maximum atomic E-state index is 12.8. The summed E-state index contributed by atoms with van der Waals surface area (Å²) in [7, 11) is 4.79. The molecule has 1 aliphatic heterocycles. The number of rotatable bonds is 8. The lowest BCUT2D eigenvalue weighted by Gasteiger charge is -2.31. The predicted octanol–water partition coefficient (Wildman–Crippen LogP) is 4.63.